The summed E-state index contributed by atoms with van der Waals surface area (Å²) in [6.45, 7) is 1.80. The zero-order valence-electron chi connectivity index (χ0n) is 19.5. The molecule has 0 aliphatic carbocycles. The minimum atomic E-state index is -6.09. The maximum Gasteiger partial charge on any atom is 0.485 e. The Morgan fingerprint density at radius 1 is 0.750 bits per heavy atom. The second-order valence-electron chi connectivity index (χ2n) is 8.32. The Morgan fingerprint density at radius 2 is 1.08 bits per heavy atom. The lowest BCUT2D eigenvalue weighted by atomic mass is 10.1. The van der Waals surface area contributed by atoms with Gasteiger partial charge in [-0.2, -0.15) is 13.2 Å². The summed E-state index contributed by atoms with van der Waals surface area (Å²) in [6, 6.07) is 32.0. The highest BCUT2D eigenvalue weighted by atomic mass is 32.2. The van der Waals surface area contributed by atoms with Crippen molar-refractivity contribution in [2.24, 2.45) is 0 Å². The summed E-state index contributed by atoms with van der Waals surface area (Å²) in [7, 11) is -8.16. The molecule has 3 aromatic rings. The molecule has 0 spiro atoms. The highest BCUT2D eigenvalue weighted by molar-refractivity contribution is 7.96. The van der Waals surface area contributed by atoms with Gasteiger partial charge in [0.15, 0.2) is 16.3 Å². The largest absolute Gasteiger partial charge is 0.741 e. The second-order valence-corrected chi connectivity index (χ2v) is 13.2. The number of alkyl halides is 3. The molecule has 36 heavy (non-hydrogen) atoms. The molecule has 0 aromatic heterocycles. The predicted molar refractivity (Wildman–Crippen MR) is 136 cm³/mol. The molecule has 1 amide bonds. The molecule has 0 saturated carbocycles. The van der Waals surface area contributed by atoms with Crippen LogP contribution in [0.15, 0.2) is 91.0 Å². The first-order valence-corrected chi connectivity index (χ1v) is 14.8. The lowest BCUT2D eigenvalue weighted by Gasteiger charge is -2.31. The first-order valence-electron chi connectivity index (χ1n) is 11.4. The van der Waals surface area contributed by atoms with Crippen molar-refractivity contribution >= 4 is 39.2 Å². The molecule has 0 bridgehead atoms. The first-order chi connectivity index (χ1) is 17.1. The van der Waals surface area contributed by atoms with Crippen LogP contribution in [-0.2, 0) is 14.9 Å². The van der Waals surface area contributed by atoms with Crippen molar-refractivity contribution in [1.82, 2.24) is 4.90 Å². The van der Waals surface area contributed by atoms with Gasteiger partial charge in [0.2, 0.25) is 0 Å². The van der Waals surface area contributed by atoms with Crippen molar-refractivity contribution in [2.45, 2.75) is 24.8 Å². The summed E-state index contributed by atoms with van der Waals surface area (Å²) >= 11 is 0. The van der Waals surface area contributed by atoms with E-state index < -0.39 is 22.9 Å². The molecule has 0 atom stereocenters. The van der Waals surface area contributed by atoms with Gasteiger partial charge in [-0.3, -0.25) is 4.79 Å². The van der Waals surface area contributed by atoms with Crippen LogP contribution in [0.25, 0.3) is 0 Å². The van der Waals surface area contributed by atoms with Crippen LogP contribution in [0, 0.1) is 0 Å². The Morgan fingerprint density at radius 3 is 1.39 bits per heavy atom. The topological polar surface area (TPSA) is 77.5 Å². The van der Waals surface area contributed by atoms with Crippen LogP contribution in [0.2, 0.25) is 0 Å². The molecule has 3 aromatic carbocycles. The van der Waals surface area contributed by atoms with Gasteiger partial charge in [-0.05, 0) is 55.7 Å². The van der Waals surface area contributed by atoms with Crippen LogP contribution < -0.4 is 15.9 Å². The summed E-state index contributed by atoms with van der Waals surface area (Å²) in [6.07, 6.45) is 4.05. The van der Waals surface area contributed by atoms with Crippen molar-refractivity contribution in [3.8, 4) is 0 Å². The highest BCUT2D eigenvalue weighted by Crippen LogP contribution is 2.55. The van der Waals surface area contributed by atoms with Gasteiger partial charge in [0.25, 0.3) is 5.91 Å². The molecule has 1 saturated heterocycles. The van der Waals surface area contributed by atoms with E-state index in [9.17, 15) is 18.0 Å². The lowest BCUT2D eigenvalue weighted by Crippen LogP contribution is -2.43. The van der Waals surface area contributed by atoms with Gasteiger partial charge < -0.3 is 9.45 Å². The quantitative estimate of drug-likeness (QED) is 0.280. The molecule has 192 valence electrons. The Labute approximate surface area is 210 Å². The van der Waals surface area contributed by atoms with Crippen molar-refractivity contribution in [3.63, 3.8) is 0 Å². The number of rotatable bonds is 5. The Hall–Kier alpha value is -2.74. The smallest absolute Gasteiger partial charge is 0.485 e. The van der Waals surface area contributed by atoms with Gasteiger partial charge >= 0.3 is 5.51 Å². The second kappa shape index (κ2) is 12.0. The minimum Gasteiger partial charge on any atom is -0.741 e. The highest BCUT2D eigenvalue weighted by Gasteiger charge is 2.48. The van der Waals surface area contributed by atoms with Crippen molar-refractivity contribution in [1.29, 1.82) is 0 Å². The summed E-state index contributed by atoms with van der Waals surface area (Å²) in [5, 5.41) is 3.83. The average Bonchev–Trinajstić information content (AvgIpc) is 2.88. The third kappa shape index (κ3) is 6.72. The van der Waals surface area contributed by atoms with E-state index in [0.717, 1.165) is 25.9 Å². The molecule has 5 nitrogen and oxygen atoms in total. The average molecular weight is 538 g/mol. The van der Waals surface area contributed by atoms with Crippen LogP contribution in [0.4, 0.5) is 13.2 Å². The molecule has 0 unspecified atom stereocenters. The van der Waals surface area contributed by atoms with Crippen LogP contribution >= 0.6 is 7.26 Å². The zero-order valence-corrected chi connectivity index (χ0v) is 21.2. The summed E-state index contributed by atoms with van der Waals surface area (Å²) in [5.74, 6) is 0.296. The van der Waals surface area contributed by atoms with Gasteiger partial charge in [-0.15, -0.1) is 0 Å². The van der Waals surface area contributed by atoms with Gasteiger partial charge in [0.1, 0.15) is 23.2 Å². The van der Waals surface area contributed by atoms with Gasteiger partial charge in [-0.1, -0.05) is 54.6 Å². The number of likely N-dealkylation sites (tertiary alicyclic amines) is 1. The van der Waals surface area contributed by atoms with E-state index in [0.29, 0.717) is 12.1 Å². The van der Waals surface area contributed by atoms with Gasteiger partial charge in [0.05, 0.1) is 0 Å². The number of amides is 1. The molecule has 10 heteroatoms. The summed E-state index contributed by atoms with van der Waals surface area (Å²) in [5.41, 5.74) is -5.65. The van der Waals surface area contributed by atoms with E-state index in [2.05, 4.69) is 95.9 Å². The fourth-order valence-corrected chi connectivity index (χ4v) is 8.31. The molecule has 1 aliphatic heterocycles. The van der Waals surface area contributed by atoms with Crippen molar-refractivity contribution in [2.75, 3.05) is 19.3 Å². The number of nitrogens with zero attached hydrogens (tertiary/aromatic N) is 1. The third-order valence-electron chi connectivity index (χ3n) is 5.96. The Balaban J connectivity index is 0.000000392. The predicted octanol–water partition coefficient (Wildman–Crippen LogP) is 4.04. The van der Waals surface area contributed by atoms with Gasteiger partial charge in [-0.25, -0.2) is 8.42 Å². The van der Waals surface area contributed by atoms with Crippen LogP contribution in [0.5, 0.6) is 0 Å². The zero-order chi connectivity index (χ0) is 26.2. The van der Waals surface area contributed by atoms with E-state index >= 15 is 0 Å². The number of piperidine rings is 1. The molecule has 1 fully saturated rings. The number of hydrogen-bond donors (Lipinski definition) is 0. The first kappa shape index (κ1) is 27.8. The van der Waals surface area contributed by atoms with Gasteiger partial charge in [0, 0.05) is 13.1 Å². The van der Waals surface area contributed by atoms with Crippen LogP contribution in [0.3, 0.4) is 0 Å². The van der Waals surface area contributed by atoms with E-state index in [4.69, 9.17) is 13.0 Å². The molecular weight excluding hydrogens is 510 g/mol. The summed E-state index contributed by atoms with van der Waals surface area (Å²) < 4.78 is 58.9. The number of carbonyl (C=O) groups is 1. The lowest BCUT2D eigenvalue weighted by molar-refractivity contribution is -0.129. The fraction of sp³-hybridized carbons (Fsp3) is 0.269. The standard InChI is InChI=1S/C25H27NOP.CHF3O3S/c27-25(26-19-11-4-12-20-26)21-28(22-13-5-1-6-14-22,23-15-7-2-8-16-23)24-17-9-3-10-18-24;2-1(3,4)8(5,6)7/h1-3,5-10,13-18H,4,11-12,19-21H2;(H,5,6,7)/q+1;/p-1. The molecule has 1 aliphatic rings. The van der Waals surface area contributed by atoms with Crippen molar-refractivity contribution in [3.05, 3.63) is 91.0 Å². The van der Waals surface area contributed by atoms with E-state index in [1.54, 1.807) is 0 Å². The Kier molecular flexibility index (Phi) is 9.28. The van der Waals surface area contributed by atoms with Crippen LogP contribution in [-0.4, -0.2) is 48.5 Å². The number of carbonyl (C=O) groups excluding carboxylic acids is 1. The van der Waals surface area contributed by atoms with E-state index in [1.165, 1.54) is 22.3 Å². The number of halogens is 3. The third-order valence-corrected chi connectivity index (χ3v) is 10.8. The molecule has 1 heterocycles. The normalized spacial score (nSPS) is 14.5. The van der Waals surface area contributed by atoms with Crippen LogP contribution in [0.1, 0.15) is 19.3 Å². The Bertz CT molecular complexity index is 1120. The van der Waals surface area contributed by atoms with Crippen molar-refractivity contribution < 1.29 is 30.9 Å². The maximum atomic E-state index is 13.5. The minimum absolute atomic E-state index is 0.296. The van der Waals surface area contributed by atoms with E-state index in [1.807, 2.05) is 0 Å². The fourth-order valence-electron chi connectivity index (χ4n) is 4.21. The molecule has 0 radical (unpaired) electrons. The SMILES string of the molecule is O=C(C[P+](c1ccccc1)(c1ccccc1)c1ccccc1)N1CCCCC1.O=S(=O)([O-])C(F)(F)F. The number of hydrogen-bond acceptors (Lipinski definition) is 4. The summed E-state index contributed by atoms with van der Waals surface area (Å²) in [4.78, 5) is 15.6. The molecule has 0 N–H and O–H groups in total. The monoisotopic (exact) mass is 537 g/mol. The number of benzene rings is 3. The van der Waals surface area contributed by atoms with E-state index in [-0.39, 0.29) is 0 Å². The molecular formula is C26H27F3NO4PS. The maximum absolute atomic E-state index is 13.5. The molecule has 4 rings (SSSR count).